The minimum atomic E-state index is -0.166. The summed E-state index contributed by atoms with van der Waals surface area (Å²) in [6.45, 7) is 7.54. The van der Waals surface area contributed by atoms with Crippen LogP contribution in [0.3, 0.4) is 0 Å². The Bertz CT molecular complexity index is 836. The molecule has 0 aromatic heterocycles. The lowest BCUT2D eigenvalue weighted by atomic mass is 9.86. The van der Waals surface area contributed by atoms with Crippen LogP contribution in [0.2, 0.25) is 0 Å². The third kappa shape index (κ3) is 5.03. The first kappa shape index (κ1) is 18.8. The summed E-state index contributed by atoms with van der Waals surface area (Å²) in [4.78, 5) is 12.0. The van der Waals surface area contributed by atoms with E-state index in [1.807, 2.05) is 36.4 Å². The summed E-state index contributed by atoms with van der Waals surface area (Å²) in [7, 11) is 0. The standard InChI is InChI=1S/C22H25NO4/c1-22(2,3)17-6-4-5-7-18(17)25-13-12-23-21(24)11-9-16-8-10-19-20(14-16)27-15-26-19/h4-11,14H,12-13,15H2,1-3H3,(H,23,24)/b11-9+. The van der Waals surface area contributed by atoms with Crippen molar-refractivity contribution in [2.24, 2.45) is 0 Å². The number of benzene rings is 2. The largest absolute Gasteiger partial charge is 0.491 e. The van der Waals surface area contributed by atoms with Gasteiger partial charge in [0.1, 0.15) is 12.4 Å². The van der Waals surface area contributed by atoms with E-state index in [9.17, 15) is 4.79 Å². The van der Waals surface area contributed by atoms with Crippen molar-refractivity contribution in [3.63, 3.8) is 0 Å². The van der Waals surface area contributed by atoms with Crippen molar-refractivity contribution in [1.29, 1.82) is 0 Å². The molecule has 2 aromatic carbocycles. The molecular weight excluding hydrogens is 342 g/mol. The molecule has 2 aromatic rings. The minimum Gasteiger partial charge on any atom is -0.491 e. The summed E-state index contributed by atoms with van der Waals surface area (Å²) < 4.78 is 16.5. The topological polar surface area (TPSA) is 56.8 Å². The summed E-state index contributed by atoms with van der Waals surface area (Å²) >= 11 is 0. The van der Waals surface area contributed by atoms with Crippen molar-refractivity contribution in [1.82, 2.24) is 5.32 Å². The average Bonchev–Trinajstić information content (AvgIpc) is 3.11. The van der Waals surface area contributed by atoms with Gasteiger partial charge in [0.05, 0.1) is 6.54 Å². The lowest BCUT2D eigenvalue weighted by molar-refractivity contribution is -0.116. The maximum absolute atomic E-state index is 12.0. The van der Waals surface area contributed by atoms with E-state index in [0.29, 0.717) is 18.9 Å². The normalized spacial score (nSPS) is 13.0. The number of carbonyl (C=O) groups excluding carboxylic acids is 1. The highest BCUT2D eigenvalue weighted by atomic mass is 16.7. The van der Waals surface area contributed by atoms with Crippen LogP contribution in [0.25, 0.3) is 6.08 Å². The van der Waals surface area contributed by atoms with Gasteiger partial charge in [-0.25, -0.2) is 0 Å². The van der Waals surface area contributed by atoms with Crippen molar-refractivity contribution >= 4 is 12.0 Å². The number of hydrogen-bond acceptors (Lipinski definition) is 4. The van der Waals surface area contributed by atoms with Gasteiger partial charge in [0.15, 0.2) is 11.5 Å². The van der Waals surface area contributed by atoms with E-state index >= 15 is 0 Å². The Morgan fingerprint density at radius 1 is 1.15 bits per heavy atom. The molecule has 0 fully saturated rings. The van der Waals surface area contributed by atoms with Gasteiger partial charge >= 0.3 is 0 Å². The van der Waals surface area contributed by atoms with Crippen LogP contribution >= 0.6 is 0 Å². The summed E-state index contributed by atoms with van der Waals surface area (Å²) in [5.74, 6) is 2.11. The monoisotopic (exact) mass is 367 g/mol. The summed E-state index contributed by atoms with van der Waals surface area (Å²) in [5, 5.41) is 2.83. The molecule has 0 bridgehead atoms. The van der Waals surface area contributed by atoms with Crippen molar-refractivity contribution in [3.05, 3.63) is 59.7 Å². The smallest absolute Gasteiger partial charge is 0.244 e. The Balaban J connectivity index is 1.46. The zero-order valence-corrected chi connectivity index (χ0v) is 16.0. The van der Waals surface area contributed by atoms with Crippen LogP contribution in [-0.4, -0.2) is 25.9 Å². The lowest BCUT2D eigenvalue weighted by Gasteiger charge is -2.22. The van der Waals surface area contributed by atoms with E-state index in [0.717, 1.165) is 22.6 Å². The average molecular weight is 367 g/mol. The van der Waals surface area contributed by atoms with E-state index in [1.165, 1.54) is 6.08 Å². The third-order valence-corrected chi connectivity index (χ3v) is 4.18. The fourth-order valence-corrected chi connectivity index (χ4v) is 2.79. The molecular formula is C22H25NO4. The van der Waals surface area contributed by atoms with Crippen molar-refractivity contribution in [2.45, 2.75) is 26.2 Å². The SMILES string of the molecule is CC(C)(C)c1ccccc1OCCNC(=O)/C=C/c1ccc2c(c1)OCO2. The molecule has 142 valence electrons. The van der Waals surface area contributed by atoms with E-state index in [1.54, 1.807) is 6.08 Å². The molecule has 0 atom stereocenters. The molecule has 0 aliphatic carbocycles. The second-order valence-corrected chi connectivity index (χ2v) is 7.33. The highest BCUT2D eigenvalue weighted by Gasteiger charge is 2.18. The molecule has 1 heterocycles. The maximum atomic E-state index is 12.0. The number of hydrogen-bond donors (Lipinski definition) is 1. The molecule has 1 aliphatic heterocycles. The summed E-state index contributed by atoms with van der Waals surface area (Å²) in [6.07, 6.45) is 3.24. The maximum Gasteiger partial charge on any atom is 0.244 e. The highest BCUT2D eigenvalue weighted by molar-refractivity contribution is 5.91. The van der Waals surface area contributed by atoms with Crippen molar-refractivity contribution in [2.75, 3.05) is 19.9 Å². The molecule has 0 saturated heterocycles. The zero-order valence-electron chi connectivity index (χ0n) is 16.0. The van der Waals surface area contributed by atoms with Gasteiger partial charge in [0.25, 0.3) is 0 Å². The first-order chi connectivity index (χ1) is 12.9. The molecule has 0 spiro atoms. The van der Waals surface area contributed by atoms with Gasteiger partial charge in [-0.1, -0.05) is 45.0 Å². The molecule has 1 aliphatic rings. The molecule has 0 unspecified atom stereocenters. The molecule has 1 N–H and O–H groups in total. The predicted octanol–water partition coefficient (Wildman–Crippen LogP) is 3.92. The van der Waals surface area contributed by atoms with Crippen LogP contribution in [0.4, 0.5) is 0 Å². The van der Waals surface area contributed by atoms with Crippen LogP contribution in [0.5, 0.6) is 17.2 Å². The van der Waals surface area contributed by atoms with Crippen LogP contribution in [-0.2, 0) is 10.2 Å². The van der Waals surface area contributed by atoms with Gasteiger partial charge in [0, 0.05) is 6.08 Å². The molecule has 0 saturated carbocycles. The van der Waals surface area contributed by atoms with E-state index in [-0.39, 0.29) is 18.1 Å². The van der Waals surface area contributed by atoms with Crippen molar-refractivity contribution < 1.29 is 19.0 Å². The second-order valence-electron chi connectivity index (χ2n) is 7.33. The van der Waals surface area contributed by atoms with Crippen LogP contribution in [0.1, 0.15) is 31.9 Å². The van der Waals surface area contributed by atoms with Gasteiger partial charge in [-0.15, -0.1) is 0 Å². The Labute approximate surface area is 159 Å². The first-order valence-corrected chi connectivity index (χ1v) is 9.01. The Hall–Kier alpha value is -2.95. The van der Waals surface area contributed by atoms with E-state index in [2.05, 4.69) is 32.2 Å². The van der Waals surface area contributed by atoms with E-state index < -0.39 is 0 Å². The predicted molar refractivity (Wildman–Crippen MR) is 105 cm³/mol. The first-order valence-electron chi connectivity index (χ1n) is 9.01. The summed E-state index contributed by atoms with van der Waals surface area (Å²) in [5.41, 5.74) is 2.04. The number of nitrogens with one attached hydrogen (secondary N) is 1. The molecule has 5 nitrogen and oxygen atoms in total. The summed E-state index contributed by atoms with van der Waals surface area (Å²) in [6, 6.07) is 13.6. The fraction of sp³-hybridized carbons (Fsp3) is 0.318. The molecule has 0 radical (unpaired) electrons. The minimum absolute atomic E-state index is 0.00714. The number of fused-ring (bicyclic) bond motifs is 1. The Kier molecular flexibility index (Phi) is 5.69. The Morgan fingerprint density at radius 3 is 2.74 bits per heavy atom. The Morgan fingerprint density at radius 2 is 1.93 bits per heavy atom. The van der Waals surface area contributed by atoms with Crippen LogP contribution in [0.15, 0.2) is 48.5 Å². The molecule has 3 rings (SSSR count). The molecule has 1 amide bonds. The van der Waals surface area contributed by atoms with Gasteiger partial charge in [-0.2, -0.15) is 0 Å². The molecule has 27 heavy (non-hydrogen) atoms. The van der Waals surface area contributed by atoms with Gasteiger partial charge < -0.3 is 19.5 Å². The number of rotatable bonds is 6. The van der Waals surface area contributed by atoms with Gasteiger partial charge in [0.2, 0.25) is 12.7 Å². The quantitative estimate of drug-likeness (QED) is 0.621. The van der Waals surface area contributed by atoms with Crippen LogP contribution < -0.4 is 19.5 Å². The number of ether oxygens (including phenoxy) is 3. The number of amides is 1. The van der Waals surface area contributed by atoms with E-state index in [4.69, 9.17) is 14.2 Å². The highest BCUT2D eigenvalue weighted by Crippen LogP contribution is 2.33. The zero-order chi connectivity index (χ0) is 19.3. The second kappa shape index (κ2) is 8.16. The number of carbonyl (C=O) groups is 1. The third-order valence-electron chi connectivity index (χ3n) is 4.18. The van der Waals surface area contributed by atoms with Crippen molar-refractivity contribution in [3.8, 4) is 17.2 Å². The lowest BCUT2D eigenvalue weighted by Crippen LogP contribution is -2.26. The number of para-hydroxylation sites is 1. The van der Waals surface area contributed by atoms with Gasteiger partial charge in [-0.05, 0) is 40.8 Å². The van der Waals surface area contributed by atoms with Gasteiger partial charge in [-0.3, -0.25) is 4.79 Å². The molecule has 5 heteroatoms. The fourth-order valence-electron chi connectivity index (χ4n) is 2.79. The van der Waals surface area contributed by atoms with Crippen LogP contribution in [0, 0.1) is 0 Å².